The molecule has 0 radical (unpaired) electrons. The highest BCUT2D eigenvalue weighted by Crippen LogP contribution is 2.26. The Balaban J connectivity index is 2.12. The van der Waals surface area contributed by atoms with Crippen LogP contribution in [0, 0.1) is 5.92 Å². The molecule has 0 aromatic carbocycles. The maximum absolute atomic E-state index is 3.31. The van der Waals surface area contributed by atoms with Crippen LogP contribution >= 0.6 is 0 Å². The van der Waals surface area contributed by atoms with E-state index in [9.17, 15) is 0 Å². The van der Waals surface area contributed by atoms with Gasteiger partial charge in [-0.15, -0.1) is 0 Å². The highest BCUT2D eigenvalue weighted by molar-refractivity contribution is 4.76. The van der Waals surface area contributed by atoms with Crippen LogP contribution in [-0.4, -0.2) is 37.6 Å². The van der Waals surface area contributed by atoms with Gasteiger partial charge in [-0.2, -0.15) is 0 Å². The Kier molecular flexibility index (Phi) is 6.37. The third-order valence-corrected chi connectivity index (χ3v) is 4.25. The van der Waals surface area contributed by atoms with E-state index in [0.717, 1.165) is 12.0 Å². The molecule has 96 valence electrons. The summed E-state index contributed by atoms with van der Waals surface area (Å²) in [4.78, 5) is 2.59. The lowest BCUT2D eigenvalue weighted by atomic mass is 9.86. The second-order valence-corrected chi connectivity index (χ2v) is 5.73. The fourth-order valence-electron chi connectivity index (χ4n) is 2.66. The van der Waals surface area contributed by atoms with Crippen molar-refractivity contribution in [1.82, 2.24) is 10.2 Å². The standard InChI is InChI=1S/C14H30N2/c1-12-7-9-14(10-8-12)16(4)11-5-6-13(2)15-3/h12-15H,5-11H2,1-4H3. The van der Waals surface area contributed by atoms with Gasteiger partial charge in [0.2, 0.25) is 0 Å². The predicted octanol–water partition coefficient (Wildman–Crippen LogP) is 2.89. The van der Waals surface area contributed by atoms with Crippen molar-refractivity contribution in [3.8, 4) is 0 Å². The van der Waals surface area contributed by atoms with E-state index in [1.165, 1.54) is 45.1 Å². The van der Waals surface area contributed by atoms with Gasteiger partial charge in [0.15, 0.2) is 0 Å². The summed E-state index contributed by atoms with van der Waals surface area (Å²) in [5.41, 5.74) is 0. The maximum Gasteiger partial charge on any atom is 0.00924 e. The van der Waals surface area contributed by atoms with Gasteiger partial charge < -0.3 is 10.2 Å². The van der Waals surface area contributed by atoms with Gasteiger partial charge in [-0.3, -0.25) is 0 Å². The molecule has 0 aromatic rings. The van der Waals surface area contributed by atoms with Crippen molar-refractivity contribution in [3.05, 3.63) is 0 Å². The average Bonchev–Trinajstić information content (AvgIpc) is 2.29. The minimum Gasteiger partial charge on any atom is -0.317 e. The van der Waals surface area contributed by atoms with Crippen LogP contribution in [0.4, 0.5) is 0 Å². The molecule has 1 aliphatic rings. The van der Waals surface area contributed by atoms with Crippen LogP contribution < -0.4 is 5.32 Å². The van der Waals surface area contributed by atoms with Crippen LogP contribution in [0.25, 0.3) is 0 Å². The second kappa shape index (κ2) is 7.29. The molecule has 1 N–H and O–H groups in total. The minimum atomic E-state index is 0.666. The summed E-state index contributed by atoms with van der Waals surface area (Å²) in [6, 6.07) is 1.53. The van der Waals surface area contributed by atoms with E-state index in [1.807, 2.05) is 0 Å². The summed E-state index contributed by atoms with van der Waals surface area (Å²) >= 11 is 0. The van der Waals surface area contributed by atoms with E-state index in [2.05, 4.69) is 38.2 Å². The van der Waals surface area contributed by atoms with Gasteiger partial charge in [-0.1, -0.05) is 6.92 Å². The number of nitrogens with zero attached hydrogens (tertiary/aromatic N) is 1. The number of nitrogens with one attached hydrogen (secondary N) is 1. The van der Waals surface area contributed by atoms with Gasteiger partial charge in [0.05, 0.1) is 0 Å². The lowest BCUT2D eigenvalue weighted by Gasteiger charge is -2.33. The highest BCUT2D eigenvalue weighted by atomic mass is 15.1. The fraction of sp³-hybridized carbons (Fsp3) is 1.00. The van der Waals surface area contributed by atoms with Crippen molar-refractivity contribution in [1.29, 1.82) is 0 Å². The van der Waals surface area contributed by atoms with Crippen molar-refractivity contribution >= 4 is 0 Å². The maximum atomic E-state index is 3.31. The number of hydrogen-bond donors (Lipinski definition) is 1. The van der Waals surface area contributed by atoms with E-state index in [0.29, 0.717) is 6.04 Å². The number of hydrogen-bond acceptors (Lipinski definition) is 2. The van der Waals surface area contributed by atoms with E-state index in [-0.39, 0.29) is 0 Å². The predicted molar refractivity (Wildman–Crippen MR) is 71.8 cm³/mol. The molecule has 1 saturated carbocycles. The molecule has 1 aliphatic carbocycles. The average molecular weight is 226 g/mol. The lowest BCUT2D eigenvalue weighted by molar-refractivity contribution is 0.167. The Labute approximate surface area is 102 Å². The summed E-state index contributed by atoms with van der Waals surface area (Å²) in [6.45, 7) is 5.93. The zero-order valence-corrected chi connectivity index (χ0v) is 11.6. The van der Waals surface area contributed by atoms with Gasteiger partial charge in [-0.25, -0.2) is 0 Å². The monoisotopic (exact) mass is 226 g/mol. The molecule has 0 spiro atoms. The van der Waals surface area contributed by atoms with E-state index in [4.69, 9.17) is 0 Å². The van der Waals surface area contributed by atoms with Crippen molar-refractivity contribution in [2.75, 3.05) is 20.6 Å². The Hall–Kier alpha value is -0.0800. The van der Waals surface area contributed by atoms with Crippen molar-refractivity contribution < 1.29 is 0 Å². The first-order valence-corrected chi connectivity index (χ1v) is 7.01. The number of rotatable bonds is 6. The lowest BCUT2D eigenvalue weighted by Crippen LogP contribution is -2.36. The molecule has 2 nitrogen and oxygen atoms in total. The van der Waals surface area contributed by atoms with Crippen LogP contribution in [0.3, 0.4) is 0 Å². The van der Waals surface area contributed by atoms with Crippen LogP contribution in [-0.2, 0) is 0 Å². The SMILES string of the molecule is CNC(C)CCCN(C)C1CCC(C)CC1. The quantitative estimate of drug-likeness (QED) is 0.749. The third kappa shape index (κ3) is 4.84. The molecule has 0 aliphatic heterocycles. The zero-order chi connectivity index (χ0) is 12.0. The molecule has 0 aromatic heterocycles. The van der Waals surface area contributed by atoms with Gasteiger partial charge in [0.1, 0.15) is 0 Å². The van der Waals surface area contributed by atoms with Crippen LogP contribution in [0.5, 0.6) is 0 Å². The summed E-state index contributed by atoms with van der Waals surface area (Å²) < 4.78 is 0. The summed E-state index contributed by atoms with van der Waals surface area (Å²) in [5.74, 6) is 0.967. The molecule has 16 heavy (non-hydrogen) atoms. The molecule has 0 heterocycles. The molecule has 0 bridgehead atoms. The van der Waals surface area contributed by atoms with Gasteiger partial charge in [-0.05, 0) is 72.0 Å². The Morgan fingerprint density at radius 3 is 2.44 bits per heavy atom. The molecule has 1 atom stereocenters. The summed E-state index contributed by atoms with van der Waals surface area (Å²) in [7, 11) is 4.36. The Morgan fingerprint density at radius 2 is 1.88 bits per heavy atom. The van der Waals surface area contributed by atoms with E-state index in [1.54, 1.807) is 0 Å². The van der Waals surface area contributed by atoms with Gasteiger partial charge in [0.25, 0.3) is 0 Å². The minimum absolute atomic E-state index is 0.666. The van der Waals surface area contributed by atoms with Gasteiger partial charge >= 0.3 is 0 Å². The molecule has 1 unspecified atom stereocenters. The smallest absolute Gasteiger partial charge is 0.00924 e. The Bertz CT molecular complexity index is 174. The highest BCUT2D eigenvalue weighted by Gasteiger charge is 2.21. The van der Waals surface area contributed by atoms with E-state index < -0.39 is 0 Å². The third-order valence-electron chi connectivity index (χ3n) is 4.25. The first kappa shape index (κ1) is 14.0. The topological polar surface area (TPSA) is 15.3 Å². The van der Waals surface area contributed by atoms with Gasteiger partial charge in [0, 0.05) is 12.1 Å². The molecule has 0 saturated heterocycles. The van der Waals surface area contributed by atoms with E-state index >= 15 is 0 Å². The summed E-state index contributed by atoms with van der Waals surface area (Å²) in [6.07, 6.45) is 8.32. The fourth-order valence-corrected chi connectivity index (χ4v) is 2.66. The van der Waals surface area contributed by atoms with Crippen molar-refractivity contribution in [2.45, 2.75) is 64.5 Å². The molecular formula is C14H30N2. The zero-order valence-electron chi connectivity index (χ0n) is 11.6. The first-order chi connectivity index (χ1) is 7.63. The Morgan fingerprint density at radius 1 is 1.25 bits per heavy atom. The molecule has 0 amide bonds. The molecule has 1 fully saturated rings. The normalized spacial score (nSPS) is 28.3. The molecule has 1 rings (SSSR count). The van der Waals surface area contributed by atoms with Crippen LogP contribution in [0.1, 0.15) is 52.4 Å². The van der Waals surface area contributed by atoms with Crippen LogP contribution in [0.2, 0.25) is 0 Å². The molecular weight excluding hydrogens is 196 g/mol. The van der Waals surface area contributed by atoms with Crippen LogP contribution in [0.15, 0.2) is 0 Å². The summed E-state index contributed by atoms with van der Waals surface area (Å²) in [5, 5.41) is 3.31. The first-order valence-electron chi connectivity index (χ1n) is 7.01. The molecule has 2 heteroatoms. The second-order valence-electron chi connectivity index (χ2n) is 5.73. The van der Waals surface area contributed by atoms with Crippen molar-refractivity contribution in [2.24, 2.45) is 5.92 Å². The largest absolute Gasteiger partial charge is 0.317 e. The van der Waals surface area contributed by atoms with Crippen molar-refractivity contribution in [3.63, 3.8) is 0 Å².